The third kappa shape index (κ3) is 22.4. The number of rotatable bonds is 13. The van der Waals surface area contributed by atoms with Crippen LogP contribution in [0.2, 0.25) is 0 Å². The normalized spacial score (nSPS) is 9.00. The molecule has 0 radical (unpaired) electrons. The Hall–Kier alpha value is -4.00. The lowest BCUT2D eigenvalue weighted by Crippen LogP contribution is -2.30. The fourth-order valence-corrected chi connectivity index (χ4v) is 0.742. The first-order chi connectivity index (χ1) is 11.5. The predicted molar refractivity (Wildman–Crippen MR) is 63.7 cm³/mol. The van der Waals surface area contributed by atoms with Gasteiger partial charge in [0.1, 0.15) is 26.4 Å². The van der Waals surface area contributed by atoms with Gasteiger partial charge in [-0.1, -0.05) is 0 Å². The molecule has 0 aliphatic carbocycles. The van der Waals surface area contributed by atoms with Crippen LogP contribution >= 0.6 is 0 Å². The molecule has 0 unspecified atom stereocenters. The van der Waals surface area contributed by atoms with Gasteiger partial charge in [-0.05, 0) is 0 Å². The zero-order valence-corrected chi connectivity index (χ0v) is 11.8. The van der Waals surface area contributed by atoms with Gasteiger partial charge in [-0.2, -0.15) is 0 Å². The number of hydrogen-bond acceptors (Lipinski definition) is 15. The number of nitrogens with zero attached hydrogens (tertiary/aromatic N) is 5. The summed E-state index contributed by atoms with van der Waals surface area (Å²) in [4.78, 5) is 66.7. The summed E-state index contributed by atoms with van der Waals surface area (Å²) in [5, 5.41) is 42.2. The van der Waals surface area contributed by atoms with Crippen LogP contribution in [-0.4, -0.2) is 58.0 Å². The molecule has 20 heteroatoms. The molecule has 0 amide bonds. The van der Waals surface area contributed by atoms with Crippen LogP contribution in [0, 0.1) is 50.6 Å². The first-order valence-electron chi connectivity index (χ1n) is 5.45. The standard InChI is InChI=1S/C3H5N3O9.C2H4N2O6/c7-4(8)13-1-3(15-6(11)12)2-14-5(9)10;5-3(6)9-1-2-10-4(7)8/h3H,1-2H2;1-2H2. The van der Waals surface area contributed by atoms with Gasteiger partial charge >= 0.3 is 0 Å². The van der Waals surface area contributed by atoms with Gasteiger partial charge in [0.25, 0.3) is 25.4 Å². The lowest BCUT2D eigenvalue weighted by atomic mass is 10.4. The van der Waals surface area contributed by atoms with Gasteiger partial charge in [-0.3, -0.25) is 0 Å². The molecular weight excluding hydrogens is 370 g/mol. The van der Waals surface area contributed by atoms with Crippen molar-refractivity contribution in [2.45, 2.75) is 6.10 Å². The minimum absolute atomic E-state index is 0.437. The van der Waals surface area contributed by atoms with Crippen molar-refractivity contribution in [2.75, 3.05) is 26.4 Å². The second-order valence-electron chi connectivity index (χ2n) is 3.10. The summed E-state index contributed by atoms with van der Waals surface area (Å²) >= 11 is 0. The van der Waals surface area contributed by atoms with E-state index in [0.29, 0.717) is 0 Å². The van der Waals surface area contributed by atoms with Crippen LogP contribution in [0.5, 0.6) is 0 Å². The average Bonchev–Trinajstić information content (AvgIpc) is 2.46. The van der Waals surface area contributed by atoms with Crippen LogP contribution < -0.4 is 0 Å². The highest BCUT2D eigenvalue weighted by molar-refractivity contribution is 4.49. The van der Waals surface area contributed by atoms with E-state index in [-0.39, 0.29) is 0 Å². The van der Waals surface area contributed by atoms with Gasteiger partial charge < -0.3 is 24.2 Å². The van der Waals surface area contributed by atoms with E-state index in [2.05, 4.69) is 24.2 Å². The molecule has 0 saturated heterocycles. The lowest BCUT2D eigenvalue weighted by molar-refractivity contribution is -0.803. The van der Waals surface area contributed by atoms with Crippen LogP contribution in [0.3, 0.4) is 0 Å². The highest BCUT2D eigenvalue weighted by Gasteiger charge is 2.17. The van der Waals surface area contributed by atoms with Crippen molar-refractivity contribution in [3.63, 3.8) is 0 Å². The zero-order chi connectivity index (χ0) is 19.8. The summed E-state index contributed by atoms with van der Waals surface area (Å²) in [5.41, 5.74) is 0. The second-order valence-corrected chi connectivity index (χ2v) is 3.10. The first kappa shape index (κ1) is 23.3. The molecule has 0 rings (SSSR count). The summed E-state index contributed by atoms with van der Waals surface area (Å²) in [6, 6.07) is 0. The third-order valence-electron chi connectivity index (χ3n) is 1.44. The quantitative estimate of drug-likeness (QED) is 0.198. The molecule has 0 aromatic rings. The second kappa shape index (κ2) is 13.6. The van der Waals surface area contributed by atoms with Crippen molar-refractivity contribution >= 4 is 0 Å². The molecule has 0 spiro atoms. The van der Waals surface area contributed by atoms with Gasteiger partial charge in [-0.15, -0.1) is 50.6 Å². The Morgan fingerprint density at radius 2 is 0.880 bits per heavy atom. The Morgan fingerprint density at radius 3 is 1.12 bits per heavy atom. The third-order valence-corrected chi connectivity index (χ3v) is 1.44. The van der Waals surface area contributed by atoms with Crippen molar-refractivity contribution in [2.24, 2.45) is 0 Å². The van der Waals surface area contributed by atoms with Crippen LogP contribution in [0.25, 0.3) is 0 Å². The van der Waals surface area contributed by atoms with Gasteiger partial charge in [0.2, 0.25) is 0 Å². The molecule has 20 nitrogen and oxygen atoms in total. The van der Waals surface area contributed by atoms with Gasteiger partial charge in [0, 0.05) is 0 Å². The Labute approximate surface area is 134 Å². The van der Waals surface area contributed by atoms with E-state index in [9.17, 15) is 50.6 Å². The first-order valence-corrected chi connectivity index (χ1v) is 5.45. The Kier molecular flexibility index (Phi) is 12.7. The molecule has 0 atom stereocenters. The van der Waals surface area contributed by atoms with Crippen molar-refractivity contribution in [1.82, 2.24) is 0 Å². The van der Waals surface area contributed by atoms with E-state index in [1.807, 2.05) is 0 Å². The van der Waals surface area contributed by atoms with Crippen LogP contribution in [0.15, 0.2) is 0 Å². The summed E-state index contributed by atoms with van der Waals surface area (Å²) < 4.78 is 0. The molecule has 0 bridgehead atoms. The summed E-state index contributed by atoms with van der Waals surface area (Å²) in [6.45, 7) is -2.56. The molecule has 144 valence electrons. The molecule has 0 aliphatic heterocycles. The number of hydrogen-bond donors (Lipinski definition) is 0. The maximum atomic E-state index is 9.83. The van der Waals surface area contributed by atoms with E-state index < -0.39 is 58.0 Å². The molecular formula is C5H9N5O15. The largest absolute Gasteiger partial charge is 0.312 e. The lowest BCUT2D eigenvalue weighted by Gasteiger charge is -2.11. The van der Waals surface area contributed by atoms with Crippen molar-refractivity contribution in [3.05, 3.63) is 50.6 Å². The van der Waals surface area contributed by atoms with Gasteiger partial charge in [0.15, 0.2) is 6.10 Å². The molecule has 0 saturated carbocycles. The van der Waals surface area contributed by atoms with Crippen LogP contribution in [0.4, 0.5) is 0 Å². The zero-order valence-electron chi connectivity index (χ0n) is 11.8. The summed E-state index contributed by atoms with van der Waals surface area (Å²) in [7, 11) is 0. The summed E-state index contributed by atoms with van der Waals surface area (Å²) in [5.74, 6) is 0. The van der Waals surface area contributed by atoms with Gasteiger partial charge in [0.05, 0.1) is 0 Å². The molecule has 0 aromatic heterocycles. The van der Waals surface area contributed by atoms with E-state index in [1.54, 1.807) is 0 Å². The Morgan fingerprint density at radius 1 is 0.560 bits per heavy atom. The van der Waals surface area contributed by atoms with E-state index in [0.717, 1.165) is 0 Å². The molecule has 0 heterocycles. The molecule has 25 heavy (non-hydrogen) atoms. The summed E-state index contributed by atoms with van der Waals surface area (Å²) in [6.07, 6.45) is -1.55. The van der Waals surface area contributed by atoms with Crippen LogP contribution in [-0.2, 0) is 24.2 Å². The molecule has 0 N–H and O–H groups in total. The Bertz CT molecular complexity index is 433. The molecule has 0 aromatic carbocycles. The minimum atomic E-state index is -1.55. The predicted octanol–water partition coefficient (Wildman–Crippen LogP) is -1.62. The topological polar surface area (TPSA) is 262 Å². The monoisotopic (exact) mass is 379 g/mol. The highest BCUT2D eigenvalue weighted by atomic mass is 17.0. The minimum Gasteiger partial charge on any atom is -0.312 e. The van der Waals surface area contributed by atoms with Crippen molar-refractivity contribution in [3.8, 4) is 0 Å². The Balaban J connectivity index is 0. The SMILES string of the molecule is O=[N+]([O-])OCC(CO[N+](=O)[O-])O[N+](=O)[O-].O=[N+]([O-])OCCO[N+](=O)[O-]. The molecule has 0 aliphatic rings. The van der Waals surface area contributed by atoms with Crippen LogP contribution in [0.1, 0.15) is 0 Å². The van der Waals surface area contributed by atoms with E-state index in [1.165, 1.54) is 0 Å². The average molecular weight is 379 g/mol. The fourth-order valence-electron chi connectivity index (χ4n) is 0.742. The maximum Gasteiger partial charge on any atom is 0.294 e. The van der Waals surface area contributed by atoms with E-state index >= 15 is 0 Å². The maximum absolute atomic E-state index is 9.83. The highest BCUT2D eigenvalue weighted by Crippen LogP contribution is 1.96. The molecule has 0 fully saturated rings. The van der Waals surface area contributed by atoms with E-state index in [4.69, 9.17) is 0 Å². The fraction of sp³-hybridized carbons (Fsp3) is 1.00. The smallest absolute Gasteiger partial charge is 0.294 e. The van der Waals surface area contributed by atoms with Gasteiger partial charge in [-0.25, -0.2) is 0 Å². The van der Waals surface area contributed by atoms with Crippen molar-refractivity contribution < 1.29 is 49.6 Å². The van der Waals surface area contributed by atoms with Crippen molar-refractivity contribution in [1.29, 1.82) is 0 Å².